The molecule has 1 atom stereocenters. The van der Waals surface area contributed by atoms with Gasteiger partial charge in [0.1, 0.15) is 0 Å². The molecule has 0 nitrogen and oxygen atoms in total. The number of hydrogen-bond donors (Lipinski definition) is 0. The van der Waals surface area contributed by atoms with Crippen LogP contribution in [0.5, 0.6) is 0 Å². The zero-order valence-corrected chi connectivity index (χ0v) is 10.4. The van der Waals surface area contributed by atoms with Crippen molar-refractivity contribution in [2.24, 2.45) is 11.8 Å². The fourth-order valence-corrected chi connectivity index (χ4v) is 2.85. The molecule has 14 heavy (non-hydrogen) atoms. The van der Waals surface area contributed by atoms with E-state index in [1.54, 1.807) is 5.57 Å². The van der Waals surface area contributed by atoms with Crippen molar-refractivity contribution >= 4 is 0 Å². The van der Waals surface area contributed by atoms with Crippen molar-refractivity contribution in [2.45, 2.75) is 66.2 Å². The number of hydrogen-bond acceptors (Lipinski definition) is 0. The fraction of sp³-hybridized carbons (Fsp3) is 0.857. The minimum absolute atomic E-state index is 0.923. The van der Waals surface area contributed by atoms with Gasteiger partial charge in [0.05, 0.1) is 0 Å². The highest BCUT2D eigenvalue weighted by Gasteiger charge is 2.30. The van der Waals surface area contributed by atoms with E-state index in [2.05, 4.69) is 27.7 Å². The van der Waals surface area contributed by atoms with Crippen molar-refractivity contribution in [2.75, 3.05) is 0 Å². The van der Waals surface area contributed by atoms with Gasteiger partial charge in [-0.2, -0.15) is 0 Å². The van der Waals surface area contributed by atoms with Crippen LogP contribution in [-0.2, 0) is 0 Å². The zero-order valence-electron chi connectivity index (χ0n) is 10.4. The molecule has 0 heteroatoms. The SMILES string of the molecule is CCCC1=C(C(CC)C(CC)CC)C1. The van der Waals surface area contributed by atoms with Crippen LogP contribution in [0, 0.1) is 11.8 Å². The molecule has 0 heterocycles. The van der Waals surface area contributed by atoms with Gasteiger partial charge in [0.15, 0.2) is 0 Å². The van der Waals surface area contributed by atoms with E-state index in [1.165, 1.54) is 38.5 Å². The second kappa shape index (κ2) is 5.58. The monoisotopic (exact) mass is 194 g/mol. The Morgan fingerprint density at radius 3 is 2.07 bits per heavy atom. The average molecular weight is 194 g/mol. The van der Waals surface area contributed by atoms with Crippen LogP contribution in [0.3, 0.4) is 0 Å². The van der Waals surface area contributed by atoms with Gasteiger partial charge in [0.25, 0.3) is 0 Å². The van der Waals surface area contributed by atoms with Crippen molar-refractivity contribution in [1.82, 2.24) is 0 Å². The second-order valence-electron chi connectivity index (χ2n) is 4.65. The van der Waals surface area contributed by atoms with Gasteiger partial charge in [-0.3, -0.25) is 0 Å². The van der Waals surface area contributed by atoms with E-state index < -0.39 is 0 Å². The summed E-state index contributed by atoms with van der Waals surface area (Å²) in [5.41, 5.74) is 3.63. The maximum Gasteiger partial charge on any atom is -0.00999 e. The molecule has 0 aromatic heterocycles. The van der Waals surface area contributed by atoms with Crippen molar-refractivity contribution in [3.8, 4) is 0 Å². The Bertz CT molecular complexity index is 196. The first-order chi connectivity index (χ1) is 6.78. The van der Waals surface area contributed by atoms with Gasteiger partial charge in [0, 0.05) is 0 Å². The van der Waals surface area contributed by atoms with Crippen LogP contribution in [0.25, 0.3) is 0 Å². The van der Waals surface area contributed by atoms with Gasteiger partial charge in [-0.25, -0.2) is 0 Å². The van der Waals surface area contributed by atoms with Crippen LogP contribution in [0.2, 0.25) is 0 Å². The van der Waals surface area contributed by atoms with E-state index in [1.807, 2.05) is 5.57 Å². The lowest BCUT2D eigenvalue weighted by Gasteiger charge is -2.21. The standard InChI is InChI=1S/C14H26/c1-5-9-12-10-14(12)13(8-4)11(6-2)7-3/h11,13H,5-10H2,1-4H3. The molecule has 0 amide bonds. The first-order valence-corrected chi connectivity index (χ1v) is 6.49. The minimum atomic E-state index is 0.923. The summed E-state index contributed by atoms with van der Waals surface area (Å²) in [4.78, 5) is 0. The first kappa shape index (κ1) is 11.8. The van der Waals surface area contributed by atoms with Gasteiger partial charge in [-0.15, -0.1) is 0 Å². The van der Waals surface area contributed by atoms with Gasteiger partial charge < -0.3 is 0 Å². The third-order valence-electron chi connectivity index (χ3n) is 3.79. The average Bonchev–Trinajstić information content (AvgIpc) is 2.94. The molecule has 1 unspecified atom stereocenters. The highest BCUT2D eigenvalue weighted by Crippen LogP contribution is 2.45. The van der Waals surface area contributed by atoms with Crippen molar-refractivity contribution in [3.63, 3.8) is 0 Å². The summed E-state index contributed by atoms with van der Waals surface area (Å²) in [6.07, 6.45) is 8.15. The molecular weight excluding hydrogens is 168 g/mol. The highest BCUT2D eigenvalue weighted by atomic mass is 14.4. The summed E-state index contributed by atoms with van der Waals surface area (Å²) < 4.78 is 0. The third-order valence-corrected chi connectivity index (χ3v) is 3.79. The number of rotatable bonds is 7. The second-order valence-corrected chi connectivity index (χ2v) is 4.65. The molecule has 0 saturated heterocycles. The molecule has 0 aromatic rings. The Kier molecular flexibility index (Phi) is 4.71. The van der Waals surface area contributed by atoms with E-state index in [0.29, 0.717) is 0 Å². The Morgan fingerprint density at radius 2 is 1.64 bits per heavy atom. The molecule has 0 radical (unpaired) electrons. The van der Waals surface area contributed by atoms with Crippen LogP contribution in [-0.4, -0.2) is 0 Å². The van der Waals surface area contributed by atoms with E-state index in [9.17, 15) is 0 Å². The van der Waals surface area contributed by atoms with Crippen LogP contribution < -0.4 is 0 Å². The molecule has 1 aliphatic rings. The summed E-state index contributed by atoms with van der Waals surface area (Å²) >= 11 is 0. The first-order valence-electron chi connectivity index (χ1n) is 6.49. The maximum atomic E-state index is 2.36. The van der Waals surface area contributed by atoms with E-state index in [4.69, 9.17) is 0 Å². The lowest BCUT2D eigenvalue weighted by atomic mass is 9.84. The third kappa shape index (κ3) is 2.62. The van der Waals surface area contributed by atoms with Crippen LogP contribution >= 0.6 is 0 Å². The van der Waals surface area contributed by atoms with E-state index >= 15 is 0 Å². The molecule has 0 aromatic carbocycles. The summed E-state index contributed by atoms with van der Waals surface area (Å²) in [5.74, 6) is 1.87. The molecule has 1 rings (SSSR count). The minimum Gasteiger partial charge on any atom is -0.0663 e. The summed E-state index contributed by atoms with van der Waals surface area (Å²) in [5, 5.41) is 0. The molecule has 0 aliphatic heterocycles. The summed E-state index contributed by atoms with van der Waals surface area (Å²) in [6, 6.07) is 0. The van der Waals surface area contributed by atoms with Gasteiger partial charge in [0.2, 0.25) is 0 Å². The zero-order chi connectivity index (χ0) is 10.6. The molecule has 0 N–H and O–H groups in total. The van der Waals surface area contributed by atoms with Crippen LogP contribution in [0.15, 0.2) is 11.1 Å². The normalized spacial score (nSPS) is 17.8. The van der Waals surface area contributed by atoms with E-state index in [0.717, 1.165) is 11.8 Å². The Balaban J connectivity index is 2.55. The quantitative estimate of drug-likeness (QED) is 0.503. The van der Waals surface area contributed by atoms with Crippen molar-refractivity contribution in [3.05, 3.63) is 11.1 Å². The lowest BCUT2D eigenvalue weighted by Crippen LogP contribution is -2.11. The molecule has 0 saturated carbocycles. The maximum absolute atomic E-state index is 2.36. The van der Waals surface area contributed by atoms with Gasteiger partial charge in [-0.1, -0.05) is 58.1 Å². The molecule has 0 bridgehead atoms. The summed E-state index contributed by atoms with van der Waals surface area (Å²) in [6.45, 7) is 9.34. The van der Waals surface area contributed by atoms with Gasteiger partial charge >= 0.3 is 0 Å². The van der Waals surface area contributed by atoms with E-state index in [-0.39, 0.29) is 0 Å². The number of allylic oxidation sites excluding steroid dienone is 2. The van der Waals surface area contributed by atoms with Crippen molar-refractivity contribution in [1.29, 1.82) is 0 Å². The molecule has 0 fully saturated rings. The topological polar surface area (TPSA) is 0 Å². The predicted octanol–water partition coefficient (Wildman–Crippen LogP) is 4.95. The van der Waals surface area contributed by atoms with Crippen LogP contribution in [0.1, 0.15) is 66.2 Å². The Hall–Kier alpha value is -0.260. The Labute approximate surface area is 89.8 Å². The predicted molar refractivity (Wildman–Crippen MR) is 64.4 cm³/mol. The molecule has 0 spiro atoms. The molecule has 1 aliphatic carbocycles. The fourth-order valence-electron chi connectivity index (χ4n) is 2.85. The molecule has 82 valence electrons. The van der Waals surface area contributed by atoms with Crippen LogP contribution in [0.4, 0.5) is 0 Å². The highest BCUT2D eigenvalue weighted by molar-refractivity contribution is 5.37. The Morgan fingerprint density at radius 1 is 1.00 bits per heavy atom. The molecular formula is C14H26. The van der Waals surface area contributed by atoms with Gasteiger partial charge in [-0.05, 0) is 31.1 Å². The van der Waals surface area contributed by atoms with Crippen molar-refractivity contribution < 1.29 is 0 Å². The lowest BCUT2D eigenvalue weighted by molar-refractivity contribution is 0.352. The summed E-state index contributed by atoms with van der Waals surface area (Å²) in [7, 11) is 0. The smallest absolute Gasteiger partial charge is 0.00999 e. The largest absolute Gasteiger partial charge is 0.0663 e.